The Morgan fingerprint density at radius 1 is 1.40 bits per heavy atom. The molecule has 1 amide bonds. The van der Waals surface area contributed by atoms with E-state index in [-0.39, 0.29) is 12.5 Å². The Morgan fingerprint density at radius 3 is 3.00 bits per heavy atom. The lowest BCUT2D eigenvalue weighted by Crippen LogP contribution is -2.28. The lowest BCUT2D eigenvalue weighted by Gasteiger charge is -2.06. The molecule has 0 radical (unpaired) electrons. The maximum atomic E-state index is 12.1. The molecule has 0 saturated heterocycles. The molecule has 1 heterocycles. The van der Waals surface area contributed by atoms with Crippen molar-refractivity contribution in [2.75, 3.05) is 13.1 Å². The normalized spacial score (nSPS) is 9.65. The lowest BCUT2D eigenvalue weighted by atomic mass is 10.1. The first kappa shape index (κ1) is 13.8. The highest BCUT2D eigenvalue weighted by molar-refractivity contribution is 5.96. The van der Waals surface area contributed by atoms with Gasteiger partial charge in [0.25, 0.3) is 5.91 Å². The number of hydrogen-bond acceptors (Lipinski definition) is 4. The lowest BCUT2D eigenvalue weighted by molar-refractivity contribution is 0.0951. The van der Waals surface area contributed by atoms with E-state index in [0.29, 0.717) is 24.2 Å². The van der Waals surface area contributed by atoms with E-state index in [1.54, 1.807) is 35.3 Å². The quantitative estimate of drug-likeness (QED) is 0.766. The molecule has 0 spiro atoms. The van der Waals surface area contributed by atoms with Crippen LogP contribution in [-0.4, -0.2) is 34.0 Å². The topological polar surface area (TPSA) is 85.8 Å². The van der Waals surface area contributed by atoms with E-state index in [0.717, 1.165) is 0 Å². The maximum Gasteiger partial charge on any atom is 0.252 e. The van der Waals surface area contributed by atoms with Crippen molar-refractivity contribution >= 4 is 5.91 Å². The number of nitrogens with one attached hydrogen (secondary N) is 1. The molecule has 2 aromatic rings. The molecule has 102 valence electrons. The Hall–Kier alpha value is -2.65. The van der Waals surface area contributed by atoms with Crippen LogP contribution in [0.25, 0.3) is 0 Å². The van der Waals surface area contributed by atoms with Crippen LogP contribution >= 0.6 is 0 Å². The monoisotopic (exact) mass is 269 g/mol. The second-order valence-corrected chi connectivity index (χ2v) is 3.97. The summed E-state index contributed by atoms with van der Waals surface area (Å²) in [5.41, 5.74) is 6.57. The van der Waals surface area contributed by atoms with Crippen molar-refractivity contribution in [1.29, 1.82) is 0 Å². The zero-order valence-electron chi connectivity index (χ0n) is 10.9. The maximum absolute atomic E-state index is 12.1. The van der Waals surface area contributed by atoms with Crippen molar-refractivity contribution in [3.8, 4) is 11.8 Å². The molecule has 0 fully saturated rings. The van der Waals surface area contributed by atoms with Gasteiger partial charge >= 0.3 is 0 Å². The highest BCUT2D eigenvalue weighted by Gasteiger charge is 2.08. The summed E-state index contributed by atoms with van der Waals surface area (Å²) >= 11 is 0. The largest absolute Gasteiger partial charge is 0.350 e. The molecule has 0 unspecified atom stereocenters. The number of hydrogen-bond donors (Lipinski definition) is 2. The van der Waals surface area contributed by atoms with Crippen LogP contribution in [-0.2, 0) is 6.54 Å². The highest BCUT2D eigenvalue weighted by atomic mass is 16.1. The van der Waals surface area contributed by atoms with Crippen LogP contribution in [0.5, 0.6) is 0 Å². The summed E-state index contributed by atoms with van der Waals surface area (Å²) in [6.45, 7) is 1.31. The van der Waals surface area contributed by atoms with Gasteiger partial charge in [-0.3, -0.25) is 9.48 Å². The van der Waals surface area contributed by atoms with Crippen LogP contribution in [0.3, 0.4) is 0 Å². The van der Waals surface area contributed by atoms with Crippen LogP contribution in [0, 0.1) is 11.8 Å². The van der Waals surface area contributed by atoms with Gasteiger partial charge in [-0.1, -0.05) is 29.2 Å². The van der Waals surface area contributed by atoms with Gasteiger partial charge in [0, 0.05) is 18.3 Å². The summed E-state index contributed by atoms with van der Waals surface area (Å²) in [5.74, 6) is 5.49. The van der Waals surface area contributed by atoms with Gasteiger partial charge in [-0.2, -0.15) is 0 Å². The van der Waals surface area contributed by atoms with Gasteiger partial charge in [0.2, 0.25) is 0 Å². The third-order valence-electron chi connectivity index (χ3n) is 2.60. The van der Waals surface area contributed by atoms with Crippen LogP contribution in [0.2, 0.25) is 0 Å². The molecule has 0 bridgehead atoms. The third kappa shape index (κ3) is 3.67. The minimum atomic E-state index is -0.160. The van der Waals surface area contributed by atoms with Crippen molar-refractivity contribution in [3.63, 3.8) is 0 Å². The summed E-state index contributed by atoms with van der Waals surface area (Å²) < 4.78 is 1.65. The van der Waals surface area contributed by atoms with E-state index in [2.05, 4.69) is 27.5 Å². The molecule has 2 rings (SSSR count). The second-order valence-electron chi connectivity index (χ2n) is 3.97. The molecule has 20 heavy (non-hydrogen) atoms. The Morgan fingerprint density at radius 2 is 2.25 bits per heavy atom. The standard InChI is InChI=1S/C14H15N5O/c15-7-3-5-12-4-1-2-6-13(12)14(20)16-8-10-19-11-9-17-18-19/h1-2,4,6,9,11H,7-8,10,15H2,(H,16,20). The first-order chi connectivity index (χ1) is 9.81. The number of amides is 1. The number of carbonyl (C=O) groups is 1. The van der Waals surface area contributed by atoms with Crippen molar-refractivity contribution in [1.82, 2.24) is 20.3 Å². The smallest absolute Gasteiger partial charge is 0.252 e. The number of nitrogens with two attached hydrogens (primary N) is 1. The molecule has 0 saturated carbocycles. The third-order valence-corrected chi connectivity index (χ3v) is 2.60. The molecular formula is C14H15N5O. The Labute approximate surface area is 117 Å². The molecule has 1 aromatic heterocycles. The number of carbonyl (C=O) groups excluding carboxylic acids is 1. The fourth-order valence-corrected chi connectivity index (χ4v) is 1.67. The average Bonchev–Trinajstić information content (AvgIpc) is 2.98. The number of aromatic nitrogens is 3. The van der Waals surface area contributed by atoms with E-state index in [9.17, 15) is 4.79 Å². The van der Waals surface area contributed by atoms with E-state index < -0.39 is 0 Å². The predicted molar refractivity (Wildman–Crippen MR) is 74.7 cm³/mol. The van der Waals surface area contributed by atoms with E-state index in [1.165, 1.54) is 0 Å². The zero-order chi connectivity index (χ0) is 14.2. The minimum Gasteiger partial charge on any atom is -0.350 e. The molecule has 0 aliphatic heterocycles. The Bertz CT molecular complexity index is 625. The molecule has 6 heteroatoms. The Balaban J connectivity index is 1.98. The highest BCUT2D eigenvalue weighted by Crippen LogP contribution is 2.06. The minimum absolute atomic E-state index is 0.160. The van der Waals surface area contributed by atoms with Gasteiger partial charge < -0.3 is 11.1 Å². The van der Waals surface area contributed by atoms with Gasteiger partial charge in [-0.15, -0.1) is 5.10 Å². The number of benzene rings is 1. The molecule has 3 N–H and O–H groups in total. The second kappa shape index (κ2) is 7.07. The average molecular weight is 269 g/mol. The molecule has 0 aliphatic rings. The van der Waals surface area contributed by atoms with Gasteiger partial charge in [-0.25, -0.2) is 0 Å². The summed E-state index contributed by atoms with van der Waals surface area (Å²) in [4.78, 5) is 12.1. The van der Waals surface area contributed by atoms with Gasteiger partial charge in [-0.05, 0) is 12.1 Å². The van der Waals surface area contributed by atoms with Crippen LogP contribution in [0.4, 0.5) is 0 Å². The molecule has 0 atom stereocenters. The van der Waals surface area contributed by atoms with Crippen LogP contribution in [0.1, 0.15) is 15.9 Å². The van der Waals surface area contributed by atoms with Gasteiger partial charge in [0.1, 0.15) is 0 Å². The number of nitrogens with zero attached hydrogens (tertiary/aromatic N) is 3. The van der Waals surface area contributed by atoms with Crippen molar-refractivity contribution in [3.05, 3.63) is 47.8 Å². The van der Waals surface area contributed by atoms with Crippen LogP contribution < -0.4 is 11.1 Å². The van der Waals surface area contributed by atoms with Crippen molar-refractivity contribution < 1.29 is 4.79 Å². The van der Waals surface area contributed by atoms with E-state index in [4.69, 9.17) is 5.73 Å². The van der Waals surface area contributed by atoms with E-state index >= 15 is 0 Å². The summed E-state index contributed by atoms with van der Waals surface area (Å²) in [6, 6.07) is 7.19. The predicted octanol–water partition coefficient (Wildman–Crippen LogP) is 0.0183. The molecular weight excluding hydrogens is 254 g/mol. The SMILES string of the molecule is NCC#Cc1ccccc1C(=O)NCCn1ccnn1. The van der Waals surface area contributed by atoms with Crippen LogP contribution in [0.15, 0.2) is 36.7 Å². The fourth-order valence-electron chi connectivity index (χ4n) is 1.67. The zero-order valence-corrected chi connectivity index (χ0v) is 10.9. The first-order valence-corrected chi connectivity index (χ1v) is 6.21. The Kier molecular flexibility index (Phi) is 4.87. The fraction of sp³-hybridized carbons (Fsp3) is 0.214. The molecule has 0 aliphatic carbocycles. The summed E-state index contributed by atoms with van der Waals surface area (Å²) in [5, 5.41) is 10.3. The van der Waals surface area contributed by atoms with Crippen molar-refractivity contribution in [2.24, 2.45) is 5.73 Å². The first-order valence-electron chi connectivity index (χ1n) is 6.21. The van der Waals surface area contributed by atoms with Crippen molar-refractivity contribution in [2.45, 2.75) is 6.54 Å². The number of rotatable bonds is 4. The molecule has 1 aromatic carbocycles. The van der Waals surface area contributed by atoms with Gasteiger partial charge in [0.15, 0.2) is 0 Å². The molecule has 6 nitrogen and oxygen atoms in total. The summed E-state index contributed by atoms with van der Waals surface area (Å²) in [6.07, 6.45) is 3.34. The van der Waals surface area contributed by atoms with Gasteiger partial charge in [0.05, 0.1) is 24.8 Å². The van der Waals surface area contributed by atoms with E-state index in [1.807, 2.05) is 6.07 Å². The summed E-state index contributed by atoms with van der Waals surface area (Å²) in [7, 11) is 0.